The SMILES string of the molecule is CC1CCC(Nc2nc(NCCOCCOCCN)nc(N3CCCC3)n2)CC1. The first kappa shape index (κ1) is 22.0. The van der Waals surface area contributed by atoms with Crippen LogP contribution >= 0.6 is 0 Å². The summed E-state index contributed by atoms with van der Waals surface area (Å²) in [5.41, 5.74) is 5.39. The second-order valence-electron chi connectivity index (χ2n) is 8.02. The van der Waals surface area contributed by atoms with Crippen LogP contribution in [-0.4, -0.2) is 73.6 Å². The first-order chi connectivity index (χ1) is 14.2. The van der Waals surface area contributed by atoms with Crippen molar-refractivity contribution in [2.24, 2.45) is 11.7 Å². The molecule has 3 rings (SSSR count). The Balaban J connectivity index is 1.52. The highest BCUT2D eigenvalue weighted by atomic mass is 16.5. The summed E-state index contributed by atoms with van der Waals surface area (Å²) < 4.78 is 10.9. The molecule has 0 atom stereocenters. The van der Waals surface area contributed by atoms with Crippen LogP contribution in [0.15, 0.2) is 0 Å². The molecule has 2 heterocycles. The lowest BCUT2D eigenvalue weighted by Gasteiger charge is -2.27. The molecule has 1 saturated heterocycles. The zero-order chi connectivity index (χ0) is 20.3. The van der Waals surface area contributed by atoms with E-state index in [-0.39, 0.29) is 0 Å². The Labute approximate surface area is 174 Å². The monoisotopic (exact) mass is 407 g/mol. The number of anilines is 3. The molecule has 0 aromatic carbocycles. The summed E-state index contributed by atoms with van der Waals surface area (Å²) in [7, 11) is 0. The van der Waals surface area contributed by atoms with E-state index in [4.69, 9.17) is 20.2 Å². The molecule has 9 nitrogen and oxygen atoms in total. The summed E-state index contributed by atoms with van der Waals surface area (Å²) in [5, 5.41) is 6.83. The number of aromatic nitrogens is 3. The molecule has 9 heteroatoms. The summed E-state index contributed by atoms with van der Waals surface area (Å²) in [5.74, 6) is 2.88. The summed E-state index contributed by atoms with van der Waals surface area (Å²) in [4.78, 5) is 16.2. The van der Waals surface area contributed by atoms with Gasteiger partial charge in [0, 0.05) is 32.2 Å². The van der Waals surface area contributed by atoms with Gasteiger partial charge in [0.1, 0.15) is 0 Å². The average molecular weight is 408 g/mol. The van der Waals surface area contributed by atoms with Gasteiger partial charge in [-0.1, -0.05) is 6.92 Å². The predicted octanol–water partition coefficient (Wildman–Crippen LogP) is 1.87. The molecule has 0 radical (unpaired) electrons. The topological polar surface area (TPSA) is 110 Å². The third-order valence-electron chi connectivity index (χ3n) is 5.53. The Hall–Kier alpha value is -1.71. The minimum absolute atomic E-state index is 0.449. The Bertz CT molecular complexity index is 590. The van der Waals surface area contributed by atoms with Gasteiger partial charge in [-0.3, -0.25) is 0 Å². The molecule has 2 fully saturated rings. The fourth-order valence-corrected chi connectivity index (χ4v) is 3.79. The maximum atomic E-state index is 5.57. The average Bonchev–Trinajstić information content (AvgIpc) is 3.27. The van der Waals surface area contributed by atoms with Gasteiger partial charge in [0.25, 0.3) is 0 Å². The minimum atomic E-state index is 0.449. The van der Waals surface area contributed by atoms with E-state index in [0.717, 1.165) is 25.0 Å². The van der Waals surface area contributed by atoms with Crippen LogP contribution in [0.5, 0.6) is 0 Å². The Morgan fingerprint density at radius 1 is 0.931 bits per heavy atom. The number of nitrogens with zero attached hydrogens (tertiary/aromatic N) is 4. The first-order valence-electron chi connectivity index (χ1n) is 11.1. The van der Waals surface area contributed by atoms with Gasteiger partial charge in [0.05, 0.1) is 26.4 Å². The largest absolute Gasteiger partial charge is 0.378 e. The minimum Gasteiger partial charge on any atom is -0.378 e. The maximum Gasteiger partial charge on any atom is 0.231 e. The molecule has 1 saturated carbocycles. The molecule has 1 aliphatic carbocycles. The van der Waals surface area contributed by atoms with Crippen LogP contribution < -0.4 is 21.3 Å². The maximum absolute atomic E-state index is 5.57. The molecule has 0 unspecified atom stereocenters. The van der Waals surface area contributed by atoms with Gasteiger partial charge in [0.15, 0.2) is 0 Å². The van der Waals surface area contributed by atoms with Crippen molar-refractivity contribution < 1.29 is 9.47 Å². The Morgan fingerprint density at radius 2 is 1.62 bits per heavy atom. The third-order valence-corrected chi connectivity index (χ3v) is 5.53. The number of nitrogens with one attached hydrogen (secondary N) is 2. The summed E-state index contributed by atoms with van der Waals surface area (Å²) in [6, 6.07) is 0.449. The van der Waals surface area contributed by atoms with Crippen molar-refractivity contribution in [3.8, 4) is 0 Å². The highest BCUT2D eigenvalue weighted by Gasteiger charge is 2.21. The van der Waals surface area contributed by atoms with Crippen LogP contribution in [-0.2, 0) is 9.47 Å². The van der Waals surface area contributed by atoms with E-state index in [1.807, 2.05) is 0 Å². The molecule has 164 valence electrons. The van der Waals surface area contributed by atoms with Crippen molar-refractivity contribution in [2.45, 2.75) is 51.5 Å². The van der Waals surface area contributed by atoms with Crippen molar-refractivity contribution in [2.75, 3.05) is 68.1 Å². The Morgan fingerprint density at radius 3 is 2.34 bits per heavy atom. The number of hydrogen-bond donors (Lipinski definition) is 3. The number of nitrogens with two attached hydrogens (primary N) is 1. The molecule has 29 heavy (non-hydrogen) atoms. The number of rotatable bonds is 12. The summed E-state index contributed by atoms with van der Waals surface area (Å²) in [6.07, 6.45) is 7.26. The van der Waals surface area contributed by atoms with Crippen LogP contribution in [0.25, 0.3) is 0 Å². The van der Waals surface area contributed by atoms with E-state index >= 15 is 0 Å². The van der Waals surface area contributed by atoms with Crippen molar-refractivity contribution in [3.63, 3.8) is 0 Å². The lowest BCUT2D eigenvalue weighted by molar-refractivity contribution is 0.0547. The smallest absolute Gasteiger partial charge is 0.231 e. The van der Waals surface area contributed by atoms with Crippen molar-refractivity contribution in [3.05, 3.63) is 0 Å². The molecule has 4 N–H and O–H groups in total. The zero-order valence-corrected chi connectivity index (χ0v) is 17.7. The summed E-state index contributed by atoms with van der Waals surface area (Å²) in [6.45, 7) is 7.80. The quantitative estimate of drug-likeness (QED) is 0.447. The second kappa shape index (κ2) is 12.1. The highest BCUT2D eigenvalue weighted by molar-refractivity contribution is 5.44. The van der Waals surface area contributed by atoms with Crippen molar-refractivity contribution >= 4 is 17.8 Å². The van der Waals surface area contributed by atoms with Gasteiger partial charge in [-0.05, 0) is 44.4 Å². The second-order valence-corrected chi connectivity index (χ2v) is 8.02. The zero-order valence-electron chi connectivity index (χ0n) is 17.7. The Kier molecular flexibility index (Phi) is 9.17. The van der Waals surface area contributed by atoms with Crippen molar-refractivity contribution in [1.82, 2.24) is 15.0 Å². The van der Waals surface area contributed by atoms with E-state index in [2.05, 4.69) is 32.4 Å². The van der Waals surface area contributed by atoms with Crippen LogP contribution in [0, 0.1) is 5.92 Å². The fourth-order valence-electron chi connectivity index (χ4n) is 3.79. The highest BCUT2D eigenvalue weighted by Crippen LogP contribution is 2.26. The molecule has 2 aliphatic rings. The standard InChI is InChI=1S/C20H37N7O2/c1-16-4-6-17(7-5-16)23-19-24-18(22-9-13-29-15-14-28-12-8-21)25-20(26-19)27-10-2-3-11-27/h16-17H,2-15,21H2,1H3,(H2,22,23,24,25,26). The van der Waals surface area contributed by atoms with Gasteiger partial charge in [-0.15, -0.1) is 0 Å². The lowest BCUT2D eigenvalue weighted by atomic mass is 9.87. The first-order valence-corrected chi connectivity index (χ1v) is 11.1. The van der Waals surface area contributed by atoms with Gasteiger partial charge in [0.2, 0.25) is 17.8 Å². The molecular weight excluding hydrogens is 370 g/mol. The van der Waals surface area contributed by atoms with Crippen LogP contribution in [0.1, 0.15) is 45.4 Å². The molecule has 1 aromatic heterocycles. The predicted molar refractivity (Wildman–Crippen MR) is 115 cm³/mol. The lowest BCUT2D eigenvalue weighted by Crippen LogP contribution is -2.28. The van der Waals surface area contributed by atoms with Crippen LogP contribution in [0.4, 0.5) is 17.8 Å². The number of ether oxygens (including phenoxy) is 2. The van der Waals surface area contributed by atoms with Gasteiger partial charge < -0.3 is 30.7 Å². The van der Waals surface area contributed by atoms with Crippen molar-refractivity contribution in [1.29, 1.82) is 0 Å². The van der Waals surface area contributed by atoms with Gasteiger partial charge >= 0.3 is 0 Å². The molecule has 0 amide bonds. The molecule has 1 aliphatic heterocycles. The van der Waals surface area contributed by atoms with E-state index < -0.39 is 0 Å². The van der Waals surface area contributed by atoms with Gasteiger partial charge in [-0.2, -0.15) is 15.0 Å². The normalized spacial score (nSPS) is 22.1. The van der Waals surface area contributed by atoms with E-state index in [0.29, 0.717) is 57.5 Å². The molecule has 1 aromatic rings. The third kappa shape index (κ3) is 7.56. The molecule has 0 spiro atoms. The van der Waals surface area contributed by atoms with E-state index in [1.54, 1.807) is 0 Å². The van der Waals surface area contributed by atoms with E-state index in [1.165, 1.54) is 38.5 Å². The molecular formula is C20H37N7O2. The van der Waals surface area contributed by atoms with Crippen LogP contribution in [0.2, 0.25) is 0 Å². The molecule has 0 bridgehead atoms. The number of hydrogen-bond acceptors (Lipinski definition) is 9. The van der Waals surface area contributed by atoms with E-state index in [9.17, 15) is 0 Å². The van der Waals surface area contributed by atoms with Crippen LogP contribution in [0.3, 0.4) is 0 Å². The fraction of sp³-hybridized carbons (Fsp3) is 0.850. The van der Waals surface area contributed by atoms with Gasteiger partial charge in [-0.25, -0.2) is 0 Å². The summed E-state index contributed by atoms with van der Waals surface area (Å²) >= 11 is 0.